The van der Waals surface area contributed by atoms with Crippen LogP contribution >= 0.6 is 11.3 Å². The summed E-state index contributed by atoms with van der Waals surface area (Å²) in [5.41, 5.74) is 3.99. The quantitative estimate of drug-likeness (QED) is 0.829. The summed E-state index contributed by atoms with van der Waals surface area (Å²) < 4.78 is 0. The molecule has 0 radical (unpaired) electrons. The van der Waals surface area contributed by atoms with E-state index in [4.69, 9.17) is 0 Å². The van der Waals surface area contributed by atoms with E-state index in [1.54, 1.807) is 11.3 Å². The molecule has 1 heterocycles. The third-order valence-electron chi connectivity index (χ3n) is 3.88. The second-order valence-corrected chi connectivity index (χ2v) is 6.27. The first-order valence-corrected chi connectivity index (χ1v) is 7.87. The van der Waals surface area contributed by atoms with Gasteiger partial charge in [0.2, 0.25) is 0 Å². The van der Waals surface area contributed by atoms with Crippen LogP contribution in [-0.4, -0.2) is 5.91 Å². The van der Waals surface area contributed by atoms with Crippen molar-refractivity contribution in [2.75, 3.05) is 5.32 Å². The van der Waals surface area contributed by atoms with Gasteiger partial charge in [0.25, 0.3) is 5.91 Å². The van der Waals surface area contributed by atoms with E-state index >= 15 is 0 Å². The van der Waals surface area contributed by atoms with Crippen LogP contribution in [0.4, 0.5) is 5.69 Å². The number of hydrogen-bond acceptors (Lipinski definition) is 2. The van der Waals surface area contributed by atoms with E-state index in [-0.39, 0.29) is 5.91 Å². The molecule has 0 spiro atoms. The molecule has 0 aliphatic heterocycles. The average Bonchev–Trinajstić information content (AvgIpc) is 2.79. The van der Waals surface area contributed by atoms with Gasteiger partial charge in [-0.15, -0.1) is 11.3 Å². The third kappa shape index (κ3) is 2.93. The highest BCUT2D eigenvalue weighted by Crippen LogP contribution is 2.28. The lowest BCUT2D eigenvalue weighted by Crippen LogP contribution is -2.14. The van der Waals surface area contributed by atoms with Crippen LogP contribution in [0.3, 0.4) is 0 Å². The molecule has 2 aromatic rings. The number of para-hydroxylation sites is 1. The van der Waals surface area contributed by atoms with E-state index < -0.39 is 0 Å². The van der Waals surface area contributed by atoms with Crippen molar-refractivity contribution < 1.29 is 4.79 Å². The fourth-order valence-electron chi connectivity index (χ4n) is 2.19. The van der Waals surface area contributed by atoms with Crippen LogP contribution in [0.2, 0.25) is 0 Å². The van der Waals surface area contributed by atoms with E-state index in [1.165, 1.54) is 10.4 Å². The van der Waals surface area contributed by atoms with Gasteiger partial charge in [0.1, 0.15) is 0 Å². The van der Waals surface area contributed by atoms with E-state index in [1.807, 2.05) is 37.4 Å². The number of thiophene rings is 1. The maximum Gasteiger partial charge on any atom is 0.256 e. The average molecular weight is 287 g/mol. The zero-order chi connectivity index (χ0) is 14.7. The van der Waals surface area contributed by atoms with Crippen molar-refractivity contribution in [3.8, 4) is 0 Å². The lowest BCUT2D eigenvalue weighted by Gasteiger charge is -2.15. The molecule has 1 unspecified atom stereocenters. The molecule has 3 heteroatoms. The summed E-state index contributed by atoms with van der Waals surface area (Å²) in [7, 11) is 0. The highest BCUT2D eigenvalue weighted by molar-refractivity contribution is 7.10. The van der Waals surface area contributed by atoms with Crippen molar-refractivity contribution in [1.82, 2.24) is 0 Å². The van der Waals surface area contributed by atoms with Crippen molar-refractivity contribution in [2.24, 2.45) is 0 Å². The Morgan fingerprint density at radius 2 is 2.00 bits per heavy atom. The smallest absolute Gasteiger partial charge is 0.256 e. The van der Waals surface area contributed by atoms with Crippen molar-refractivity contribution in [3.05, 3.63) is 51.2 Å². The van der Waals surface area contributed by atoms with Crippen LogP contribution in [0.25, 0.3) is 0 Å². The Bertz CT molecular complexity index is 615. The lowest BCUT2D eigenvalue weighted by atomic mass is 9.96. The van der Waals surface area contributed by atoms with Crippen LogP contribution in [0.5, 0.6) is 0 Å². The van der Waals surface area contributed by atoms with Crippen molar-refractivity contribution in [2.45, 2.75) is 40.0 Å². The van der Waals surface area contributed by atoms with Gasteiger partial charge in [-0.2, -0.15) is 0 Å². The van der Waals surface area contributed by atoms with Gasteiger partial charge >= 0.3 is 0 Å². The Hall–Kier alpha value is -1.61. The van der Waals surface area contributed by atoms with Crippen LogP contribution in [0.1, 0.15) is 52.5 Å². The summed E-state index contributed by atoms with van der Waals surface area (Å²) in [5.74, 6) is 0.430. The monoisotopic (exact) mass is 287 g/mol. The van der Waals surface area contributed by atoms with Gasteiger partial charge in [-0.05, 0) is 43.4 Å². The van der Waals surface area contributed by atoms with Gasteiger partial charge < -0.3 is 5.32 Å². The molecule has 2 rings (SSSR count). The van der Waals surface area contributed by atoms with Crippen molar-refractivity contribution in [1.29, 1.82) is 0 Å². The molecule has 0 aliphatic rings. The molecule has 20 heavy (non-hydrogen) atoms. The maximum absolute atomic E-state index is 12.4. The number of hydrogen-bond donors (Lipinski definition) is 1. The van der Waals surface area contributed by atoms with E-state index in [2.05, 4.69) is 25.2 Å². The number of rotatable bonds is 4. The molecule has 0 saturated carbocycles. The standard InChI is InChI=1S/C17H21NOS/c1-5-11(2)14-8-6-7-9-16(14)18-17(19)15-10-20-13(4)12(15)3/h6-11H,5H2,1-4H3,(H,18,19). The summed E-state index contributed by atoms with van der Waals surface area (Å²) in [6.07, 6.45) is 1.06. The first-order chi connectivity index (χ1) is 9.54. The molecule has 0 saturated heterocycles. The molecule has 1 aromatic carbocycles. The van der Waals surface area contributed by atoms with Crippen molar-refractivity contribution in [3.63, 3.8) is 0 Å². The molecule has 2 nitrogen and oxygen atoms in total. The highest BCUT2D eigenvalue weighted by atomic mass is 32.1. The SMILES string of the molecule is CCC(C)c1ccccc1NC(=O)c1csc(C)c1C. The number of aryl methyl sites for hydroxylation is 1. The Morgan fingerprint density at radius 1 is 1.30 bits per heavy atom. The Balaban J connectivity index is 2.26. The second kappa shape index (κ2) is 6.23. The van der Waals surface area contributed by atoms with Gasteiger partial charge in [0.05, 0.1) is 5.56 Å². The summed E-state index contributed by atoms with van der Waals surface area (Å²) in [4.78, 5) is 13.6. The fraction of sp³-hybridized carbons (Fsp3) is 0.353. The van der Waals surface area contributed by atoms with Crippen molar-refractivity contribution >= 4 is 22.9 Å². The molecule has 1 N–H and O–H groups in total. The number of anilines is 1. The number of nitrogens with one attached hydrogen (secondary N) is 1. The van der Waals surface area contributed by atoms with Crippen LogP contribution in [0, 0.1) is 13.8 Å². The zero-order valence-electron chi connectivity index (χ0n) is 12.5. The Kier molecular flexibility index (Phi) is 4.61. The summed E-state index contributed by atoms with van der Waals surface area (Å²) in [5, 5.41) is 5.00. The number of carbonyl (C=O) groups is 1. The summed E-state index contributed by atoms with van der Waals surface area (Å²) in [6, 6.07) is 8.06. The molecule has 1 aromatic heterocycles. The molecule has 0 fully saturated rings. The van der Waals surface area contributed by atoms with Gasteiger partial charge in [0.15, 0.2) is 0 Å². The molecule has 1 atom stereocenters. The first-order valence-electron chi connectivity index (χ1n) is 6.99. The molecule has 0 aliphatic carbocycles. The Labute approximate surface area is 124 Å². The largest absolute Gasteiger partial charge is 0.322 e. The lowest BCUT2D eigenvalue weighted by molar-refractivity contribution is 0.102. The molecular formula is C17H21NOS. The minimum absolute atomic E-state index is 0.0115. The van der Waals surface area contributed by atoms with E-state index in [0.717, 1.165) is 23.2 Å². The molecular weight excluding hydrogens is 266 g/mol. The Morgan fingerprint density at radius 3 is 2.60 bits per heavy atom. The zero-order valence-corrected chi connectivity index (χ0v) is 13.3. The summed E-state index contributed by atoms with van der Waals surface area (Å²) in [6.45, 7) is 8.39. The first kappa shape index (κ1) is 14.8. The normalized spacial score (nSPS) is 12.2. The van der Waals surface area contributed by atoms with Crippen LogP contribution in [0.15, 0.2) is 29.6 Å². The molecule has 1 amide bonds. The molecule has 0 bridgehead atoms. The van der Waals surface area contributed by atoms with Crippen LogP contribution in [-0.2, 0) is 0 Å². The highest BCUT2D eigenvalue weighted by Gasteiger charge is 2.15. The fourth-order valence-corrected chi connectivity index (χ4v) is 3.05. The second-order valence-electron chi connectivity index (χ2n) is 5.18. The number of benzene rings is 1. The van der Waals surface area contributed by atoms with Gasteiger partial charge in [-0.25, -0.2) is 0 Å². The van der Waals surface area contributed by atoms with Gasteiger partial charge in [-0.3, -0.25) is 4.79 Å². The minimum atomic E-state index is -0.0115. The molecule has 106 valence electrons. The van der Waals surface area contributed by atoms with E-state index in [9.17, 15) is 4.79 Å². The van der Waals surface area contributed by atoms with Crippen LogP contribution < -0.4 is 5.32 Å². The third-order valence-corrected chi connectivity index (χ3v) is 4.90. The van der Waals surface area contributed by atoms with Gasteiger partial charge in [0, 0.05) is 15.9 Å². The number of carbonyl (C=O) groups excluding carboxylic acids is 1. The minimum Gasteiger partial charge on any atom is -0.322 e. The summed E-state index contributed by atoms with van der Waals surface area (Å²) >= 11 is 1.62. The number of amides is 1. The maximum atomic E-state index is 12.4. The predicted molar refractivity (Wildman–Crippen MR) is 86.9 cm³/mol. The van der Waals surface area contributed by atoms with Gasteiger partial charge in [-0.1, -0.05) is 32.0 Å². The topological polar surface area (TPSA) is 29.1 Å². The van der Waals surface area contributed by atoms with E-state index in [0.29, 0.717) is 5.92 Å². The predicted octanol–water partition coefficient (Wildman–Crippen LogP) is 5.13.